The van der Waals surface area contributed by atoms with E-state index in [1.165, 1.54) is 212 Å². The summed E-state index contributed by atoms with van der Waals surface area (Å²) in [6, 6.07) is 0. The van der Waals surface area contributed by atoms with E-state index in [-0.39, 0.29) is 31.1 Å². The normalized spacial score (nSPS) is 12.3. The van der Waals surface area contributed by atoms with Crippen molar-refractivity contribution in [3.05, 3.63) is 48.6 Å². The van der Waals surface area contributed by atoms with Crippen LogP contribution in [-0.4, -0.2) is 37.2 Å². The monoisotopic (exact) mass is 1010 g/mol. The number of hydrogen-bond acceptors (Lipinski definition) is 6. The average Bonchev–Trinajstić information content (AvgIpc) is 3.38. The first kappa shape index (κ1) is 69.4. The molecule has 0 aliphatic carbocycles. The summed E-state index contributed by atoms with van der Waals surface area (Å²) in [5.74, 6) is -0.846. The Balaban J connectivity index is 4.11. The second-order valence-electron chi connectivity index (χ2n) is 21.3. The van der Waals surface area contributed by atoms with Crippen molar-refractivity contribution in [2.75, 3.05) is 13.2 Å². The smallest absolute Gasteiger partial charge is 0.306 e. The van der Waals surface area contributed by atoms with Gasteiger partial charge in [-0.3, -0.25) is 14.4 Å². The quantitative estimate of drug-likeness (QED) is 0.0261. The van der Waals surface area contributed by atoms with Gasteiger partial charge in [0.15, 0.2) is 6.10 Å². The lowest BCUT2D eigenvalue weighted by Gasteiger charge is -2.18. The van der Waals surface area contributed by atoms with E-state index in [2.05, 4.69) is 69.4 Å². The molecule has 0 aromatic carbocycles. The molecule has 0 radical (unpaired) electrons. The highest BCUT2D eigenvalue weighted by Gasteiger charge is 2.19. The van der Waals surface area contributed by atoms with Gasteiger partial charge in [-0.1, -0.05) is 307 Å². The molecule has 1 unspecified atom stereocenters. The number of unbranched alkanes of at least 4 members (excludes halogenated alkanes) is 39. The molecule has 72 heavy (non-hydrogen) atoms. The van der Waals surface area contributed by atoms with Crippen LogP contribution in [0.1, 0.15) is 335 Å². The van der Waals surface area contributed by atoms with Gasteiger partial charge >= 0.3 is 17.9 Å². The molecule has 0 heterocycles. The van der Waals surface area contributed by atoms with Crippen LogP contribution in [0.5, 0.6) is 0 Å². The number of carbonyl (C=O) groups excluding carboxylic acids is 3. The van der Waals surface area contributed by atoms with Gasteiger partial charge in [0.25, 0.3) is 0 Å². The second-order valence-corrected chi connectivity index (χ2v) is 21.3. The third-order valence-electron chi connectivity index (χ3n) is 14.1. The van der Waals surface area contributed by atoms with Gasteiger partial charge in [0, 0.05) is 19.3 Å². The van der Waals surface area contributed by atoms with E-state index in [0.29, 0.717) is 19.3 Å². The Labute approximate surface area is 448 Å². The first-order valence-corrected chi connectivity index (χ1v) is 31.6. The van der Waals surface area contributed by atoms with Gasteiger partial charge in [0.05, 0.1) is 0 Å². The summed E-state index contributed by atoms with van der Waals surface area (Å²) in [7, 11) is 0. The molecule has 0 fully saturated rings. The fraction of sp³-hybridized carbons (Fsp3) is 0.833. The highest BCUT2D eigenvalue weighted by atomic mass is 16.6. The van der Waals surface area contributed by atoms with E-state index < -0.39 is 6.10 Å². The first-order chi connectivity index (χ1) is 35.5. The molecule has 0 spiro atoms. The van der Waals surface area contributed by atoms with Crippen LogP contribution in [0.2, 0.25) is 0 Å². The lowest BCUT2D eigenvalue weighted by atomic mass is 10.0. The molecular formula is C66H120O6. The van der Waals surface area contributed by atoms with Crippen LogP contribution < -0.4 is 0 Å². The maximum atomic E-state index is 12.9. The number of allylic oxidation sites excluding steroid dienone is 8. The van der Waals surface area contributed by atoms with Crippen molar-refractivity contribution in [3.63, 3.8) is 0 Å². The molecule has 0 amide bonds. The van der Waals surface area contributed by atoms with Crippen LogP contribution in [0.25, 0.3) is 0 Å². The average molecular weight is 1010 g/mol. The highest BCUT2D eigenvalue weighted by molar-refractivity contribution is 5.71. The Morgan fingerprint density at radius 1 is 0.292 bits per heavy atom. The van der Waals surface area contributed by atoms with E-state index in [9.17, 15) is 14.4 Å². The van der Waals surface area contributed by atoms with Gasteiger partial charge < -0.3 is 14.2 Å². The molecule has 6 heteroatoms. The number of carbonyl (C=O) groups is 3. The lowest BCUT2D eigenvalue weighted by Crippen LogP contribution is -2.30. The Bertz CT molecular complexity index is 1250. The van der Waals surface area contributed by atoms with Gasteiger partial charge in [-0.2, -0.15) is 0 Å². The van der Waals surface area contributed by atoms with Crippen LogP contribution in [0, 0.1) is 0 Å². The molecule has 6 nitrogen and oxygen atoms in total. The zero-order chi connectivity index (χ0) is 52.2. The minimum Gasteiger partial charge on any atom is -0.462 e. The predicted molar refractivity (Wildman–Crippen MR) is 312 cm³/mol. The van der Waals surface area contributed by atoms with E-state index in [0.717, 1.165) is 83.5 Å². The minimum absolute atomic E-state index is 0.0664. The number of rotatable bonds is 58. The zero-order valence-corrected chi connectivity index (χ0v) is 48.2. The summed E-state index contributed by atoms with van der Waals surface area (Å²) in [6.45, 7) is 6.56. The fourth-order valence-corrected chi connectivity index (χ4v) is 9.38. The third kappa shape index (κ3) is 58.3. The van der Waals surface area contributed by atoms with Crippen molar-refractivity contribution < 1.29 is 28.6 Å². The SMILES string of the molecule is CC/C=C\C/C=C\C/C=C\C/C=C\CCCCCCCCCCCCCCCCCCC(=O)OCC(COC(=O)CCCCCCCCCCCC)OC(=O)CCCCCCCCCCCCCCCCC. The summed E-state index contributed by atoms with van der Waals surface area (Å²) < 4.78 is 16.9. The van der Waals surface area contributed by atoms with Gasteiger partial charge in [-0.15, -0.1) is 0 Å². The largest absolute Gasteiger partial charge is 0.462 e. The Morgan fingerprint density at radius 3 is 0.847 bits per heavy atom. The maximum absolute atomic E-state index is 12.9. The number of esters is 3. The standard InChI is InChI=1S/C66H120O6/c1-4-7-10-13-16-19-22-24-26-27-28-29-30-31-32-33-34-35-36-37-38-39-41-42-44-47-50-53-56-59-65(68)71-62-63(61-70-64(67)58-55-52-49-46-21-18-15-12-9-6-3)72-66(69)60-57-54-51-48-45-43-40-25-23-20-17-14-11-8-5-2/h7,10,16,19,24,26,28-29,63H,4-6,8-9,11-15,17-18,20-23,25,27,30-62H2,1-3H3/b10-7-,19-16-,26-24-,29-28-. The summed E-state index contributed by atoms with van der Waals surface area (Å²) in [5, 5.41) is 0. The molecule has 420 valence electrons. The van der Waals surface area contributed by atoms with Crippen molar-refractivity contribution in [2.45, 2.75) is 341 Å². The predicted octanol–water partition coefficient (Wildman–Crippen LogP) is 21.4. The molecular weight excluding hydrogens is 889 g/mol. The third-order valence-corrected chi connectivity index (χ3v) is 14.1. The molecule has 0 rings (SSSR count). The molecule has 0 aromatic rings. The molecule has 0 aliphatic rings. The second kappa shape index (κ2) is 60.9. The molecule has 0 aromatic heterocycles. The molecule has 0 saturated heterocycles. The topological polar surface area (TPSA) is 78.9 Å². The molecule has 0 bridgehead atoms. The van der Waals surface area contributed by atoms with Crippen LogP contribution in [0.4, 0.5) is 0 Å². The Hall–Kier alpha value is -2.63. The van der Waals surface area contributed by atoms with E-state index in [4.69, 9.17) is 14.2 Å². The maximum Gasteiger partial charge on any atom is 0.306 e. The summed E-state index contributed by atoms with van der Waals surface area (Å²) in [4.78, 5) is 38.1. The molecule has 0 N–H and O–H groups in total. The van der Waals surface area contributed by atoms with Gasteiger partial charge in [-0.05, 0) is 57.8 Å². The molecule has 0 saturated carbocycles. The molecule has 1 atom stereocenters. The van der Waals surface area contributed by atoms with Crippen molar-refractivity contribution in [2.24, 2.45) is 0 Å². The van der Waals surface area contributed by atoms with E-state index in [1.54, 1.807) is 0 Å². The van der Waals surface area contributed by atoms with Crippen molar-refractivity contribution in [3.8, 4) is 0 Å². The van der Waals surface area contributed by atoms with E-state index >= 15 is 0 Å². The Morgan fingerprint density at radius 2 is 0.542 bits per heavy atom. The van der Waals surface area contributed by atoms with Crippen LogP contribution in [0.3, 0.4) is 0 Å². The van der Waals surface area contributed by atoms with E-state index in [1.807, 2.05) is 0 Å². The summed E-state index contributed by atoms with van der Waals surface area (Å²) in [6.07, 6.45) is 75.6. The number of hydrogen-bond donors (Lipinski definition) is 0. The highest BCUT2D eigenvalue weighted by Crippen LogP contribution is 2.18. The van der Waals surface area contributed by atoms with Crippen molar-refractivity contribution in [1.29, 1.82) is 0 Å². The van der Waals surface area contributed by atoms with Crippen LogP contribution in [0.15, 0.2) is 48.6 Å². The van der Waals surface area contributed by atoms with Gasteiger partial charge in [-0.25, -0.2) is 0 Å². The van der Waals surface area contributed by atoms with Crippen molar-refractivity contribution in [1.82, 2.24) is 0 Å². The summed E-state index contributed by atoms with van der Waals surface area (Å²) >= 11 is 0. The lowest BCUT2D eigenvalue weighted by molar-refractivity contribution is -0.167. The first-order valence-electron chi connectivity index (χ1n) is 31.6. The van der Waals surface area contributed by atoms with Gasteiger partial charge in [0.1, 0.15) is 13.2 Å². The van der Waals surface area contributed by atoms with Crippen LogP contribution in [-0.2, 0) is 28.6 Å². The van der Waals surface area contributed by atoms with Crippen LogP contribution >= 0.6 is 0 Å². The minimum atomic E-state index is -0.766. The van der Waals surface area contributed by atoms with Gasteiger partial charge in [0.2, 0.25) is 0 Å². The summed E-state index contributed by atoms with van der Waals surface area (Å²) in [5.41, 5.74) is 0. The zero-order valence-electron chi connectivity index (χ0n) is 48.2. The van der Waals surface area contributed by atoms with Crippen molar-refractivity contribution >= 4 is 17.9 Å². The Kier molecular flexibility index (Phi) is 58.7. The fourth-order valence-electron chi connectivity index (χ4n) is 9.38. The number of ether oxygens (including phenoxy) is 3. The molecule has 0 aliphatic heterocycles.